The predicted molar refractivity (Wildman–Crippen MR) is 78.4 cm³/mol. The minimum absolute atomic E-state index is 0.213. The maximum Gasteiger partial charge on any atom is 0.506 e. The highest BCUT2D eigenvalue weighted by Gasteiger charge is 2.39. The van der Waals surface area contributed by atoms with Crippen LogP contribution in [0.4, 0.5) is 22.4 Å². The van der Waals surface area contributed by atoms with Gasteiger partial charge in [-0.3, -0.25) is 0 Å². The Morgan fingerprint density at radius 2 is 1.73 bits per heavy atom. The fraction of sp³-hybridized carbons (Fsp3) is 0.500. The van der Waals surface area contributed by atoms with Crippen molar-refractivity contribution in [2.24, 2.45) is 0 Å². The van der Waals surface area contributed by atoms with Crippen molar-refractivity contribution >= 4 is 6.16 Å². The SMILES string of the molecule is N#CC1(c2ccc(OC(F)F)c(OC(F)F)c2)CCC(OC(=O)O)CC1. The molecule has 0 aliphatic heterocycles. The lowest BCUT2D eigenvalue weighted by Gasteiger charge is -2.34. The first-order valence-corrected chi connectivity index (χ1v) is 7.61. The van der Waals surface area contributed by atoms with E-state index in [1.807, 2.05) is 0 Å². The van der Waals surface area contributed by atoms with E-state index >= 15 is 0 Å². The molecule has 6 nitrogen and oxygen atoms in total. The number of nitriles is 1. The Hall–Kier alpha value is -2.70. The van der Waals surface area contributed by atoms with Gasteiger partial charge in [0.1, 0.15) is 6.10 Å². The zero-order chi connectivity index (χ0) is 19.3. The van der Waals surface area contributed by atoms with Gasteiger partial charge in [-0.05, 0) is 43.4 Å². The van der Waals surface area contributed by atoms with Crippen molar-refractivity contribution in [3.63, 3.8) is 0 Å². The number of rotatable bonds is 6. The lowest BCUT2D eigenvalue weighted by atomic mass is 9.69. The second-order valence-electron chi connectivity index (χ2n) is 5.70. The summed E-state index contributed by atoms with van der Waals surface area (Å²) < 4.78 is 63.0. The number of benzene rings is 1. The van der Waals surface area contributed by atoms with Crippen molar-refractivity contribution in [2.45, 2.75) is 50.4 Å². The molecule has 0 aromatic heterocycles. The number of nitrogens with zero attached hydrogens (tertiary/aromatic N) is 1. The third kappa shape index (κ3) is 4.68. The van der Waals surface area contributed by atoms with Crippen LogP contribution < -0.4 is 9.47 Å². The topological polar surface area (TPSA) is 88.8 Å². The van der Waals surface area contributed by atoms with Crippen LogP contribution >= 0.6 is 0 Å². The summed E-state index contributed by atoms with van der Waals surface area (Å²) in [5.74, 6) is -1.17. The van der Waals surface area contributed by atoms with E-state index in [9.17, 15) is 27.6 Å². The molecule has 1 saturated carbocycles. The number of hydrogen-bond acceptors (Lipinski definition) is 5. The van der Waals surface area contributed by atoms with Gasteiger partial charge >= 0.3 is 19.4 Å². The highest BCUT2D eigenvalue weighted by Crippen LogP contribution is 2.43. The number of halogens is 4. The highest BCUT2D eigenvalue weighted by molar-refractivity contribution is 5.57. The van der Waals surface area contributed by atoms with Crippen molar-refractivity contribution in [2.75, 3.05) is 0 Å². The Bertz CT molecular complexity index is 684. The third-order valence-corrected chi connectivity index (χ3v) is 4.20. The van der Waals surface area contributed by atoms with E-state index in [2.05, 4.69) is 20.3 Å². The summed E-state index contributed by atoms with van der Waals surface area (Å²) in [4.78, 5) is 10.6. The smallest absolute Gasteiger partial charge is 0.450 e. The summed E-state index contributed by atoms with van der Waals surface area (Å²) in [5.41, 5.74) is -0.798. The average Bonchev–Trinajstić information content (AvgIpc) is 2.56. The van der Waals surface area contributed by atoms with Crippen LogP contribution in [0.5, 0.6) is 11.5 Å². The van der Waals surface area contributed by atoms with Gasteiger partial charge in [-0.25, -0.2) is 4.79 Å². The number of alkyl halides is 4. The summed E-state index contributed by atoms with van der Waals surface area (Å²) in [7, 11) is 0. The number of carboxylic acid groups (broad SMARTS) is 1. The van der Waals surface area contributed by atoms with Crippen LogP contribution in [-0.4, -0.2) is 30.6 Å². The van der Waals surface area contributed by atoms with E-state index < -0.39 is 42.4 Å². The van der Waals surface area contributed by atoms with Crippen molar-refractivity contribution in [3.05, 3.63) is 23.8 Å². The lowest BCUT2D eigenvalue weighted by Crippen LogP contribution is -2.34. The number of carbonyl (C=O) groups is 1. The summed E-state index contributed by atoms with van der Waals surface area (Å²) in [5, 5.41) is 18.2. The van der Waals surface area contributed by atoms with Crippen LogP contribution in [-0.2, 0) is 10.2 Å². The molecule has 10 heteroatoms. The van der Waals surface area contributed by atoms with Crippen molar-refractivity contribution in [1.82, 2.24) is 0 Å². The van der Waals surface area contributed by atoms with E-state index in [0.717, 1.165) is 12.1 Å². The van der Waals surface area contributed by atoms with Gasteiger partial charge in [0, 0.05) is 0 Å². The monoisotopic (exact) mass is 377 g/mol. The van der Waals surface area contributed by atoms with E-state index in [-0.39, 0.29) is 25.7 Å². The molecule has 0 amide bonds. The molecule has 0 spiro atoms. The zero-order valence-corrected chi connectivity index (χ0v) is 13.3. The number of hydrogen-bond donors (Lipinski definition) is 1. The van der Waals surface area contributed by atoms with Gasteiger partial charge in [-0.2, -0.15) is 22.8 Å². The van der Waals surface area contributed by atoms with E-state index in [0.29, 0.717) is 5.56 Å². The maximum absolute atomic E-state index is 12.6. The third-order valence-electron chi connectivity index (χ3n) is 4.20. The second kappa shape index (κ2) is 8.12. The first-order chi connectivity index (χ1) is 12.3. The standard InChI is InChI=1S/C16H15F4NO5/c17-13(18)25-11-2-1-9(7-12(11)26-14(19)20)16(8-21)5-3-10(4-6-16)24-15(22)23/h1-2,7,10,13-14H,3-6H2,(H,22,23). The van der Waals surface area contributed by atoms with Gasteiger partial charge in [-0.1, -0.05) is 6.07 Å². The Morgan fingerprint density at radius 1 is 1.15 bits per heavy atom. The Balaban J connectivity index is 2.28. The summed E-state index contributed by atoms with van der Waals surface area (Å²) in [6.07, 6.45) is -1.02. The molecule has 1 N–H and O–H groups in total. The van der Waals surface area contributed by atoms with Gasteiger partial charge in [0.2, 0.25) is 0 Å². The Kier molecular flexibility index (Phi) is 6.13. The molecule has 0 saturated heterocycles. The molecular weight excluding hydrogens is 362 g/mol. The average molecular weight is 377 g/mol. The molecule has 0 unspecified atom stereocenters. The first kappa shape index (κ1) is 19.6. The molecule has 0 radical (unpaired) electrons. The molecule has 0 atom stereocenters. The fourth-order valence-corrected chi connectivity index (χ4v) is 3.00. The quantitative estimate of drug-likeness (QED) is 0.588. The largest absolute Gasteiger partial charge is 0.506 e. The van der Waals surface area contributed by atoms with Crippen LogP contribution in [0.25, 0.3) is 0 Å². The molecule has 0 bridgehead atoms. The lowest BCUT2D eigenvalue weighted by molar-refractivity contribution is -0.0693. The molecule has 1 aromatic rings. The van der Waals surface area contributed by atoms with Gasteiger partial charge in [0.15, 0.2) is 11.5 Å². The summed E-state index contributed by atoms with van der Waals surface area (Å²) in [6, 6.07) is 5.56. The summed E-state index contributed by atoms with van der Waals surface area (Å²) in [6.45, 7) is -6.49. The second-order valence-corrected chi connectivity index (χ2v) is 5.70. The minimum Gasteiger partial charge on any atom is -0.450 e. The molecule has 2 rings (SSSR count). The fourth-order valence-electron chi connectivity index (χ4n) is 3.00. The molecule has 1 fully saturated rings. The van der Waals surface area contributed by atoms with Gasteiger partial charge in [-0.15, -0.1) is 0 Å². The maximum atomic E-state index is 12.6. The molecule has 142 valence electrons. The first-order valence-electron chi connectivity index (χ1n) is 7.61. The van der Waals surface area contributed by atoms with Crippen molar-refractivity contribution in [1.29, 1.82) is 5.26 Å². The van der Waals surface area contributed by atoms with E-state index in [4.69, 9.17) is 5.11 Å². The number of ether oxygens (including phenoxy) is 3. The molecule has 1 aliphatic rings. The van der Waals surface area contributed by atoms with Crippen LogP contribution in [0.1, 0.15) is 31.2 Å². The molecule has 1 aromatic carbocycles. The molecule has 0 heterocycles. The van der Waals surface area contributed by atoms with Gasteiger partial charge in [0.05, 0.1) is 11.5 Å². The molecule has 1 aliphatic carbocycles. The van der Waals surface area contributed by atoms with Crippen LogP contribution in [0, 0.1) is 11.3 Å². The van der Waals surface area contributed by atoms with Crippen molar-refractivity contribution in [3.8, 4) is 17.6 Å². The predicted octanol–water partition coefficient (Wildman–Crippen LogP) is 4.29. The zero-order valence-electron chi connectivity index (χ0n) is 13.3. The van der Waals surface area contributed by atoms with Crippen LogP contribution in [0.15, 0.2) is 18.2 Å². The minimum atomic E-state index is -3.26. The summed E-state index contributed by atoms with van der Waals surface area (Å²) >= 11 is 0. The van der Waals surface area contributed by atoms with Gasteiger partial charge in [0.25, 0.3) is 0 Å². The van der Waals surface area contributed by atoms with Crippen LogP contribution in [0.3, 0.4) is 0 Å². The van der Waals surface area contributed by atoms with Crippen LogP contribution in [0.2, 0.25) is 0 Å². The Morgan fingerprint density at radius 3 is 2.23 bits per heavy atom. The van der Waals surface area contributed by atoms with Gasteiger partial charge < -0.3 is 19.3 Å². The van der Waals surface area contributed by atoms with E-state index in [1.165, 1.54) is 6.07 Å². The normalized spacial score (nSPS) is 22.7. The van der Waals surface area contributed by atoms with E-state index in [1.54, 1.807) is 0 Å². The molecule has 26 heavy (non-hydrogen) atoms. The molecular formula is C16H15F4NO5. The Labute approximate surface area is 145 Å². The highest BCUT2D eigenvalue weighted by atomic mass is 19.3. The van der Waals surface area contributed by atoms with Crippen molar-refractivity contribution < 1.29 is 41.7 Å².